The number of aromatic nitrogens is 1. The van der Waals surface area contributed by atoms with E-state index >= 15 is 0 Å². The molecule has 144 valence electrons. The van der Waals surface area contributed by atoms with E-state index in [-0.39, 0.29) is 5.41 Å². The number of halogens is 1. The molecule has 2 heterocycles. The number of rotatable bonds is 3. The molecule has 2 aromatic carbocycles. The molecule has 4 heteroatoms. The molecule has 5 rings (SSSR count). The van der Waals surface area contributed by atoms with Crippen LogP contribution < -0.4 is 0 Å². The van der Waals surface area contributed by atoms with Gasteiger partial charge in [-0.3, -0.25) is 4.90 Å². The molecule has 3 nitrogen and oxygen atoms in total. The first-order chi connectivity index (χ1) is 13.6. The molecule has 28 heavy (non-hydrogen) atoms. The maximum absolute atomic E-state index is 10.2. The van der Waals surface area contributed by atoms with Gasteiger partial charge in [-0.25, -0.2) is 0 Å². The number of nitrogens with zero attached hydrogens (tertiary/aromatic N) is 1. The molecular weight excluding hydrogens is 412 g/mol. The summed E-state index contributed by atoms with van der Waals surface area (Å²) < 4.78 is 1.13. The topological polar surface area (TPSA) is 39.3 Å². The van der Waals surface area contributed by atoms with E-state index in [1.807, 2.05) is 18.2 Å². The number of phenolic OH excluding ortho intramolecular Hbond substituents is 1. The van der Waals surface area contributed by atoms with E-state index in [2.05, 4.69) is 56.7 Å². The third-order valence-corrected chi connectivity index (χ3v) is 7.34. The predicted molar refractivity (Wildman–Crippen MR) is 118 cm³/mol. The fourth-order valence-corrected chi connectivity index (χ4v) is 5.86. The predicted octanol–water partition coefficient (Wildman–Crippen LogP) is 5.18. The molecule has 0 amide bonds. The number of fused-ring (bicyclic) bond motifs is 4. The molecular formula is C24H25BrN2O. The quantitative estimate of drug-likeness (QED) is 0.555. The van der Waals surface area contributed by atoms with Crippen molar-refractivity contribution in [3.63, 3.8) is 0 Å². The Balaban J connectivity index is 1.64. The first kappa shape index (κ1) is 18.0. The van der Waals surface area contributed by atoms with Crippen LogP contribution in [0.3, 0.4) is 0 Å². The minimum Gasteiger partial charge on any atom is -0.508 e. The van der Waals surface area contributed by atoms with Gasteiger partial charge in [-0.2, -0.15) is 0 Å². The molecule has 0 radical (unpaired) electrons. The van der Waals surface area contributed by atoms with Gasteiger partial charge in [-0.15, -0.1) is 6.58 Å². The largest absolute Gasteiger partial charge is 0.508 e. The van der Waals surface area contributed by atoms with Gasteiger partial charge in [-0.05, 0) is 73.2 Å². The Morgan fingerprint density at radius 2 is 2.18 bits per heavy atom. The summed E-state index contributed by atoms with van der Waals surface area (Å²) in [7, 11) is 0. The smallest absolute Gasteiger partial charge is 0.115 e. The molecule has 1 aromatic heterocycles. The van der Waals surface area contributed by atoms with Crippen molar-refractivity contribution < 1.29 is 5.11 Å². The number of aromatic amines is 1. The van der Waals surface area contributed by atoms with Crippen LogP contribution in [0.5, 0.6) is 5.75 Å². The summed E-state index contributed by atoms with van der Waals surface area (Å²) in [5, 5.41) is 11.5. The first-order valence-corrected chi connectivity index (χ1v) is 10.8. The molecule has 2 atom stereocenters. The van der Waals surface area contributed by atoms with Gasteiger partial charge in [0.2, 0.25) is 0 Å². The van der Waals surface area contributed by atoms with Gasteiger partial charge < -0.3 is 10.1 Å². The molecule has 0 saturated carbocycles. The lowest BCUT2D eigenvalue weighted by Crippen LogP contribution is -2.53. The minimum atomic E-state index is 0.0710. The number of phenols is 1. The zero-order chi connectivity index (χ0) is 19.3. The second-order valence-electron chi connectivity index (χ2n) is 8.35. The fourth-order valence-electron chi connectivity index (χ4n) is 5.50. The number of hydrogen-bond acceptors (Lipinski definition) is 2. The van der Waals surface area contributed by atoms with Gasteiger partial charge in [0.05, 0.1) is 0 Å². The average Bonchev–Trinajstić information content (AvgIpc) is 3.03. The van der Waals surface area contributed by atoms with Crippen molar-refractivity contribution in [2.24, 2.45) is 5.92 Å². The Morgan fingerprint density at radius 3 is 3.00 bits per heavy atom. The highest BCUT2D eigenvalue weighted by Crippen LogP contribution is 2.49. The molecule has 1 fully saturated rings. The number of piperidine rings is 1. The molecule has 2 aliphatic rings. The Bertz CT molecular complexity index is 1060. The molecule has 1 aliphatic carbocycles. The van der Waals surface area contributed by atoms with E-state index in [4.69, 9.17) is 0 Å². The third-order valence-electron chi connectivity index (χ3n) is 6.84. The Morgan fingerprint density at radius 1 is 1.29 bits per heavy atom. The van der Waals surface area contributed by atoms with Gasteiger partial charge in [0.25, 0.3) is 0 Å². The Labute approximate surface area is 174 Å². The van der Waals surface area contributed by atoms with Crippen LogP contribution >= 0.6 is 15.9 Å². The van der Waals surface area contributed by atoms with Crippen LogP contribution in [0.25, 0.3) is 10.9 Å². The van der Waals surface area contributed by atoms with Crippen molar-refractivity contribution in [1.29, 1.82) is 0 Å². The van der Waals surface area contributed by atoms with E-state index < -0.39 is 0 Å². The molecule has 3 aromatic rings. The molecule has 2 unspecified atom stereocenters. The number of H-pyrrole nitrogens is 1. The summed E-state index contributed by atoms with van der Waals surface area (Å²) in [6, 6.07) is 14.5. The van der Waals surface area contributed by atoms with Crippen molar-refractivity contribution >= 4 is 26.8 Å². The highest BCUT2D eigenvalue weighted by molar-refractivity contribution is 9.10. The second kappa shape index (κ2) is 6.78. The van der Waals surface area contributed by atoms with Crippen molar-refractivity contribution in [1.82, 2.24) is 9.88 Å². The van der Waals surface area contributed by atoms with E-state index in [0.717, 1.165) is 43.4 Å². The third kappa shape index (κ3) is 2.82. The molecule has 0 spiro atoms. The fraction of sp³-hybridized carbons (Fsp3) is 0.333. The lowest BCUT2D eigenvalue weighted by Gasteiger charge is -2.51. The van der Waals surface area contributed by atoms with E-state index in [1.165, 1.54) is 27.7 Å². The van der Waals surface area contributed by atoms with Gasteiger partial charge >= 0.3 is 0 Å². The number of benzene rings is 2. The van der Waals surface area contributed by atoms with E-state index in [9.17, 15) is 5.11 Å². The first-order valence-electron chi connectivity index (χ1n) is 10.0. The van der Waals surface area contributed by atoms with Crippen LogP contribution in [0.1, 0.15) is 23.2 Å². The summed E-state index contributed by atoms with van der Waals surface area (Å²) in [5.74, 6) is 0.888. The zero-order valence-electron chi connectivity index (χ0n) is 15.9. The van der Waals surface area contributed by atoms with Crippen LogP contribution in [-0.2, 0) is 18.3 Å². The summed E-state index contributed by atoms with van der Waals surface area (Å²) >= 11 is 3.64. The van der Waals surface area contributed by atoms with Crippen LogP contribution in [0.4, 0.5) is 0 Å². The normalized spacial score (nSPS) is 24.7. The van der Waals surface area contributed by atoms with Crippen molar-refractivity contribution in [3.8, 4) is 5.75 Å². The number of hydrogen-bond donors (Lipinski definition) is 2. The van der Waals surface area contributed by atoms with Crippen molar-refractivity contribution in [3.05, 3.63) is 76.4 Å². The van der Waals surface area contributed by atoms with E-state index in [1.54, 1.807) is 6.07 Å². The molecule has 2 N–H and O–H groups in total. The Hall–Kier alpha value is -2.04. The summed E-state index contributed by atoms with van der Waals surface area (Å²) in [6.07, 6.45) is 5.19. The summed E-state index contributed by atoms with van der Waals surface area (Å²) in [5.41, 5.74) is 5.41. The lowest BCUT2D eigenvalue weighted by atomic mass is 9.58. The van der Waals surface area contributed by atoms with Gasteiger partial charge in [0, 0.05) is 39.6 Å². The van der Waals surface area contributed by atoms with Crippen molar-refractivity contribution in [2.45, 2.75) is 24.7 Å². The van der Waals surface area contributed by atoms with Crippen LogP contribution in [0, 0.1) is 5.92 Å². The highest BCUT2D eigenvalue weighted by atomic mass is 79.9. The standard InChI is InChI=1S/C24H25BrN2O/c1-2-9-27-10-8-24(16-4-3-5-19(28)11-16)14-23-20(12-17(24)15-27)21-13-18(25)6-7-22(21)26-23/h2-7,11,13,17,26,28H,1,8-10,12,14-15H2. The van der Waals surface area contributed by atoms with E-state index in [0.29, 0.717) is 11.7 Å². The number of nitrogens with one attached hydrogen (secondary N) is 1. The summed E-state index contributed by atoms with van der Waals surface area (Å²) in [6.45, 7) is 7.02. The van der Waals surface area contributed by atoms with Crippen LogP contribution in [0.15, 0.2) is 59.6 Å². The minimum absolute atomic E-state index is 0.0710. The maximum Gasteiger partial charge on any atom is 0.115 e. The number of likely N-dealkylation sites (tertiary alicyclic amines) is 1. The monoisotopic (exact) mass is 436 g/mol. The highest BCUT2D eigenvalue weighted by Gasteiger charge is 2.47. The SMILES string of the molecule is C=CCN1CCC2(c3cccc(O)c3)Cc3[nH]c4ccc(Br)cc4c3CC2C1. The maximum atomic E-state index is 10.2. The number of aromatic hydroxyl groups is 1. The zero-order valence-corrected chi connectivity index (χ0v) is 17.5. The van der Waals surface area contributed by atoms with Crippen molar-refractivity contribution in [2.75, 3.05) is 19.6 Å². The summed E-state index contributed by atoms with van der Waals surface area (Å²) in [4.78, 5) is 6.23. The molecule has 0 bridgehead atoms. The Kier molecular flexibility index (Phi) is 4.37. The molecule has 1 aliphatic heterocycles. The second-order valence-corrected chi connectivity index (χ2v) is 9.27. The molecule has 1 saturated heterocycles. The average molecular weight is 437 g/mol. The van der Waals surface area contributed by atoms with Crippen LogP contribution in [-0.4, -0.2) is 34.6 Å². The lowest BCUT2D eigenvalue weighted by molar-refractivity contribution is 0.0896. The van der Waals surface area contributed by atoms with Gasteiger partial charge in [0.15, 0.2) is 0 Å². The van der Waals surface area contributed by atoms with Crippen LogP contribution in [0.2, 0.25) is 0 Å². The van der Waals surface area contributed by atoms with Gasteiger partial charge in [-0.1, -0.05) is 34.1 Å². The van der Waals surface area contributed by atoms with Gasteiger partial charge in [0.1, 0.15) is 5.75 Å².